The maximum Gasteiger partial charge on any atom is 0.291 e. The number of anilines is 1. The maximum atomic E-state index is 13.1. The van der Waals surface area contributed by atoms with Crippen LogP contribution >= 0.6 is 0 Å². The van der Waals surface area contributed by atoms with Gasteiger partial charge >= 0.3 is 0 Å². The monoisotopic (exact) mass is 401 g/mol. The number of benzene rings is 2. The van der Waals surface area contributed by atoms with E-state index in [0.717, 1.165) is 10.9 Å². The summed E-state index contributed by atoms with van der Waals surface area (Å²) >= 11 is 0. The van der Waals surface area contributed by atoms with Gasteiger partial charge < -0.3 is 19.4 Å². The molecule has 1 saturated heterocycles. The van der Waals surface area contributed by atoms with E-state index < -0.39 is 5.91 Å². The number of aromatic nitrogens is 1. The van der Waals surface area contributed by atoms with E-state index in [9.17, 15) is 9.59 Å². The van der Waals surface area contributed by atoms with Crippen molar-refractivity contribution in [1.82, 2.24) is 9.88 Å². The first kappa shape index (κ1) is 18.3. The van der Waals surface area contributed by atoms with Gasteiger partial charge in [-0.1, -0.05) is 36.4 Å². The highest BCUT2D eigenvalue weighted by atomic mass is 16.5. The van der Waals surface area contributed by atoms with Crippen LogP contribution in [0.3, 0.4) is 0 Å². The zero-order chi connectivity index (χ0) is 20.5. The Balaban J connectivity index is 1.52. The predicted molar refractivity (Wildman–Crippen MR) is 113 cm³/mol. The van der Waals surface area contributed by atoms with Crippen LogP contribution in [0.25, 0.3) is 21.9 Å². The molecule has 0 unspecified atom stereocenters. The Kier molecular flexibility index (Phi) is 4.65. The number of pyridine rings is 1. The summed E-state index contributed by atoms with van der Waals surface area (Å²) in [7, 11) is 0. The normalized spacial score (nSPS) is 14.2. The molecule has 0 aliphatic carbocycles. The molecule has 2 amide bonds. The second-order valence-electron chi connectivity index (χ2n) is 7.05. The van der Waals surface area contributed by atoms with Crippen molar-refractivity contribution in [2.75, 3.05) is 31.6 Å². The third-order valence-corrected chi connectivity index (χ3v) is 5.16. The topological polar surface area (TPSA) is 84.7 Å². The molecule has 2 aromatic carbocycles. The summed E-state index contributed by atoms with van der Waals surface area (Å²) in [6.07, 6.45) is 0. The summed E-state index contributed by atoms with van der Waals surface area (Å²) in [5, 5.41) is 4.48. The molecule has 1 aliphatic heterocycles. The van der Waals surface area contributed by atoms with Gasteiger partial charge in [0.1, 0.15) is 17.0 Å². The Labute approximate surface area is 172 Å². The summed E-state index contributed by atoms with van der Waals surface area (Å²) in [6, 6.07) is 18.4. The molecule has 7 nitrogen and oxygen atoms in total. The molecule has 0 bridgehead atoms. The smallest absolute Gasteiger partial charge is 0.291 e. The van der Waals surface area contributed by atoms with Crippen LogP contribution in [0.1, 0.15) is 21.0 Å². The van der Waals surface area contributed by atoms with Crippen molar-refractivity contribution in [1.29, 1.82) is 0 Å². The van der Waals surface area contributed by atoms with E-state index in [-0.39, 0.29) is 17.4 Å². The second-order valence-corrected chi connectivity index (χ2v) is 7.05. The average molecular weight is 401 g/mol. The number of hydrogen-bond donors (Lipinski definition) is 1. The van der Waals surface area contributed by atoms with Crippen molar-refractivity contribution in [3.8, 4) is 0 Å². The van der Waals surface area contributed by atoms with Gasteiger partial charge in [0.25, 0.3) is 11.8 Å². The lowest BCUT2D eigenvalue weighted by Gasteiger charge is -2.26. The number of nitrogens with one attached hydrogen (secondary N) is 1. The number of carbonyl (C=O) groups excluding carboxylic acids is 2. The zero-order valence-corrected chi connectivity index (χ0v) is 16.1. The van der Waals surface area contributed by atoms with Gasteiger partial charge in [0, 0.05) is 23.9 Å². The standard InChI is InChI=1S/C23H19N3O4/c27-22(18-10-9-15-5-1-3-7-17(15)24-18)25-20-16-6-2-4-8-19(16)30-21(20)23(28)26-11-13-29-14-12-26/h1-10H,11-14H2,(H,25,27). The van der Waals surface area contributed by atoms with E-state index in [4.69, 9.17) is 9.15 Å². The van der Waals surface area contributed by atoms with Crippen LogP contribution in [0.15, 0.2) is 65.1 Å². The molecule has 150 valence electrons. The number of carbonyl (C=O) groups is 2. The number of fused-ring (bicyclic) bond motifs is 2. The van der Waals surface area contributed by atoms with Crippen LogP contribution in [0.2, 0.25) is 0 Å². The molecule has 0 saturated carbocycles. The van der Waals surface area contributed by atoms with Gasteiger partial charge in [-0.15, -0.1) is 0 Å². The Morgan fingerprint density at radius 2 is 1.70 bits per heavy atom. The summed E-state index contributed by atoms with van der Waals surface area (Å²) in [6.45, 7) is 1.92. The number of hydrogen-bond acceptors (Lipinski definition) is 5. The van der Waals surface area contributed by atoms with Crippen molar-refractivity contribution in [2.45, 2.75) is 0 Å². The van der Waals surface area contributed by atoms with Crippen molar-refractivity contribution >= 4 is 39.4 Å². The maximum absolute atomic E-state index is 13.1. The van der Waals surface area contributed by atoms with Gasteiger partial charge in [-0.25, -0.2) is 4.98 Å². The van der Waals surface area contributed by atoms with E-state index in [1.165, 1.54) is 0 Å². The number of nitrogens with zero attached hydrogens (tertiary/aromatic N) is 2. The van der Waals surface area contributed by atoms with Crippen molar-refractivity contribution in [3.63, 3.8) is 0 Å². The molecule has 4 aromatic rings. The SMILES string of the molecule is O=C(Nc1c(C(=O)N2CCOCC2)oc2ccccc12)c1ccc2ccccc2n1. The van der Waals surface area contributed by atoms with Crippen LogP contribution in [-0.4, -0.2) is 48.0 Å². The second kappa shape index (κ2) is 7.61. The lowest BCUT2D eigenvalue weighted by Crippen LogP contribution is -2.40. The molecule has 1 aliphatic rings. The molecule has 0 radical (unpaired) electrons. The number of morpholine rings is 1. The Morgan fingerprint density at radius 3 is 2.57 bits per heavy atom. The number of ether oxygens (including phenoxy) is 1. The minimum atomic E-state index is -0.400. The molecule has 30 heavy (non-hydrogen) atoms. The number of rotatable bonds is 3. The van der Waals surface area contributed by atoms with E-state index in [1.54, 1.807) is 17.0 Å². The average Bonchev–Trinajstić information content (AvgIpc) is 3.17. The third-order valence-electron chi connectivity index (χ3n) is 5.16. The molecule has 5 rings (SSSR count). The summed E-state index contributed by atoms with van der Waals surface area (Å²) < 4.78 is 11.2. The van der Waals surface area contributed by atoms with Gasteiger partial charge in [-0.2, -0.15) is 0 Å². The van der Waals surface area contributed by atoms with E-state index in [1.807, 2.05) is 48.5 Å². The Bertz CT molecular complexity index is 1260. The molecule has 0 atom stereocenters. The molecule has 1 N–H and O–H groups in total. The lowest BCUT2D eigenvalue weighted by atomic mass is 10.2. The number of amides is 2. The van der Waals surface area contributed by atoms with Crippen LogP contribution in [0.5, 0.6) is 0 Å². The lowest BCUT2D eigenvalue weighted by molar-refractivity contribution is 0.0285. The van der Waals surface area contributed by atoms with Crippen LogP contribution in [-0.2, 0) is 4.74 Å². The minimum absolute atomic E-state index is 0.118. The highest BCUT2D eigenvalue weighted by Crippen LogP contribution is 2.32. The van der Waals surface area contributed by atoms with E-state index in [2.05, 4.69) is 10.3 Å². The van der Waals surface area contributed by atoms with Gasteiger partial charge in [0.15, 0.2) is 0 Å². The molecule has 1 fully saturated rings. The summed E-state index contributed by atoms with van der Waals surface area (Å²) in [4.78, 5) is 32.2. The van der Waals surface area contributed by atoms with Crippen molar-refractivity contribution in [3.05, 3.63) is 72.1 Å². The predicted octanol–water partition coefficient (Wildman–Crippen LogP) is 3.71. The fourth-order valence-electron chi connectivity index (χ4n) is 3.60. The Hall–Kier alpha value is -3.71. The summed E-state index contributed by atoms with van der Waals surface area (Å²) in [5.41, 5.74) is 1.90. The zero-order valence-electron chi connectivity index (χ0n) is 16.1. The molecule has 2 aromatic heterocycles. The van der Waals surface area contributed by atoms with Crippen LogP contribution in [0.4, 0.5) is 5.69 Å². The van der Waals surface area contributed by atoms with Gasteiger partial charge in [-0.3, -0.25) is 9.59 Å². The highest BCUT2D eigenvalue weighted by molar-refractivity contribution is 6.14. The van der Waals surface area contributed by atoms with Gasteiger partial charge in [-0.05, 0) is 24.3 Å². The first-order valence-corrected chi connectivity index (χ1v) is 9.76. The largest absolute Gasteiger partial charge is 0.449 e. The molecule has 3 heterocycles. The number of para-hydroxylation sites is 2. The van der Waals surface area contributed by atoms with Crippen LogP contribution < -0.4 is 5.32 Å². The van der Waals surface area contributed by atoms with Crippen molar-refractivity contribution in [2.24, 2.45) is 0 Å². The molecular formula is C23H19N3O4. The van der Waals surface area contributed by atoms with E-state index >= 15 is 0 Å². The van der Waals surface area contributed by atoms with Crippen LogP contribution in [0, 0.1) is 0 Å². The highest BCUT2D eigenvalue weighted by Gasteiger charge is 2.28. The van der Waals surface area contributed by atoms with Gasteiger partial charge in [0.05, 0.1) is 18.7 Å². The third kappa shape index (κ3) is 3.29. The fourth-order valence-corrected chi connectivity index (χ4v) is 3.60. The molecular weight excluding hydrogens is 382 g/mol. The minimum Gasteiger partial charge on any atom is -0.449 e. The molecule has 0 spiro atoms. The Morgan fingerprint density at radius 1 is 0.933 bits per heavy atom. The van der Waals surface area contributed by atoms with E-state index in [0.29, 0.717) is 43.0 Å². The number of furan rings is 1. The molecule has 7 heteroatoms. The fraction of sp³-hybridized carbons (Fsp3) is 0.174. The van der Waals surface area contributed by atoms with Crippen molar-refractivity contribution < 1.29 is 18.7 Å². The quantitative estimate of drug-likeness (QED) is 0.566. The first-order chi connectivity index (χ1) is 14.7. The van der Waals surface area contributed by atoms with Gasteiger partial charge in [0.2, 0.25) is 5.76 Å². The first-order valence-electron chi connectivity index (χ1n) is 9.76. The summed E-state index contributed by atoms with van der Waals surface area (Å²) in [5.74, 6) is -0.549.